The van der Waals surface area contributed by atoms with E-state index in [0.29, 0.717) is 22.8 Å². The van der Waals surface area contributed by atoms with Gasteiger partial charge in [0.05, 0.1) is 10.6 Å². The number of hydrogen-bond donors (Lipinski definition) is 2. The number of nitrogen functional groups attached to an aromatic ring is 1. The van der Waals surface area contributed by atoms with Crippen molar-refractivity contribution < 1.29 is 8.42 Å². The van der Waals surface area contributed by atoms with Crippen molar-refractivity contribution in [3.05, 3.63) is 54.1 Å². The quantitative estimate of drug-likeness (QED) is 0.840. The van der Waals surface area contributed by atoms with Crippen molar-refractivity contribution in [3.63, 3.8) is 0 Å². The van der Waals surface area contributed by atoms with E-state index in [1.807, 2.05) is 24.3 Å². The summed E-state index contributed by atoms with van der Waals surface area (Å²) < 4.78 is 23.3. The molecule has 0 radical (unpaired) electrons. The summed E-state index contributed by atoms with van der Waals surface area (Å²) >= 11 is 0. The van der Waals surface area contributed by atoms with Gasteiger partial charge in [-0.1, -0.05) is 24.3 Å². The first-order valence-electron chi connectivity index (χ1n) is 5.84. The molecule has 0 aliphatic rings. The van der Waals surface area contributed by atoms with Gasteiger partial charge in [-0.25, -0.2) is 8.42 Å². The van der Waals surface area contributed by atoms with Crippen LogP contribution in [0, 0.1) is 0 Å². The Kier molecular flexibility index (Phi) is 3.76. The molecule has 2 rings (SSSR count). The molecule has 0 saturated carbocycles. The van der Waals surface area contributed by atoms with Crippen LogP contribution in [0.5, 0.6) is 0 Å². The number of nitrogens with one attached hydrogen (secondary N) is 1. The Morgan fingerprint density at radius 1 is 1.05 bits per heavy atom. The molecule has 0 atom stereocenters. The van der Waals surface area contributed by atoms with Gasteiger partial charge < -0.3 is 11.1 Å². The van der Waals surface area contributed by atoms with E-state index < -0.39 is 9.84 Å². The highest BCUT2D eigenvalue weighted by molar-refractivity contribution is 7.90. The molecule has 0 spiro atoms. The van der Waals surface area contributed by atoms with Crippen molar-refractivity contribution in [2.75, 3.05) is 17.3 Å². The van der Waals surface area contributed by atoms with Gasteiger partial charge in [0, 0.05) is 18.5 Å². The summed E-state index contributed by atoms with van der Waals surface area (Å²) in [6, 6.07) is 14.3. The fourth-order valence-corrected chi connectivity index (χ4v) is 2.63. The van der Waals surface area contributed by atoms with Crippen LogP contribution in [-0.2, 0) is 16.4 Å². The number of sulfone groups is 1. The molecule has 4 nitrogen and oxygen atoms in total. The summed E-state index contributed by atoms with van der Waals surface area (Å²) in [5, 5.41) is 3.14. The molecule has 0 fully saturated rings. The molecule has 0 amide bonds. The number of anilines is 2. The van der Waals surface area contributed by atoms with E-state index in [2.05, 4.69) is 5.32 Å². The summed E-state index contributed by atoms with van der Waals surface area (Å²) in [6.07, 6.45) is 1.21. The number of hydrogen-bond acceptors (Lipinski definition) is 4. The normalized spacial score (nSPS) is 11.2. The third kappa shape index (κ3) is 3.48. The highest BCUT2D eigenvalue weighted by Gasteiger charge is 2.11. The molecule has 0 bridgehead atoms. The fraction of sp³-hybridized carbons (Fsp3) is 0.143. The zero-order valence-electron chi connectivity index (χ0n) is 10.6. The molecule has 19 heavy (non-hydrogen) atoms. The summed E-state index contributed by atoms with van der Waals surface area (Å²) in [5.41, 5.74) is 7.98. The Bertz CT molecular complexity index is 664. The van der Waals surface area contributed by atoms with E-state index in [4.69, 9.17) is 5.73 Å². The van der Waals surface area contributed by atoms with Gasteiger partial charge in [0.2, 0.25) is 0 Å². The van der Waals surface area contributed by atoms with Gasteiger partial charge in [-0.2, -0.15) is 0 Å². The van der Waals surface area contributed by atoms with Crippen LogP contribution in [0.15, 0.2) is 53.4 Å². The first-order chi connectivity index (χ1) is 8.97. The first kappa shape index (κ1) is 13.4. The van der Waals surface area contributed by atoms with Crippen molar-refractivity contribution in [2.45, 2.75) is 11.4 Å². The maximum Gasteiger partial charge on any atom is 0.177 e. The number of nitrogens with two attached hydrogens (primary N) is 1. The minimum Gasteiger partial charge on any atom is -0.399 e. The summed E-state index contributed by atoms with van der Waals surface area (Å²) in [7, 11) is -3.23. The molecule has 2 aromatic carbocycles. The molecule has 0 unspecified atom stereocenters. The molecule has 0 saturated heterocycles. The second-order valence-electron chi connectivity index (χ2n) is 4.36. The smallest absolute Gasteiger partial charge is 0.177 e. The maximum atomic E-state index is 11.7. The van der Waals surface area contributed by atoms with Crippen LogP contribution in [0.1, 0.15) is 5.56 Å². The topological polar surface area (TPSA) is 72.2 Å². The lowest BCUT2D eigenvalue weighted by atomic mass is 10.2. The van der Waals surface area contributed by atoms with Crippen molar-refractivity contribution in [1.82, 2.24) is 0 Å². The van der Waals surface area contributed by atoms with Gasteiger partial charge in [-0.05, 0) is 29.8 Å². The summed E-state index contributed by atoms with van der Waals surface area (Å²) in [4.78, 5) is 0.311. The van der Waals surface area contributed by atoms with E-state index in [1.54, 1.807) is 24.3 Å². The van der Waals surface area contributed by atoms with Crippen LogP contribution >= 0.6 is 0 Å². The third-order valence-corrected chi connectivity index (χ3v) is 3.90. The van der Waals surface area contributed by atoms with Crippen LogP contribution in [0.4, 0.5) is 11.4 Å². The first-order valence-corrected chi connectivity index (χ1v) is 7.73. The number of benzene rings is 2. The van der Waals surface area contributed by atoms with Gasteiger partial charge in [0.1, 0.15) is 0 Å². The van der Waals surface area contributed by atoms with E-state index in [9.17, 15) is 8.42 Å². The van der Waals surface area contributed by atoms with Crippen molar-refractivity contribution in [3.8, 4) is 0 Å². The standard InChI is InChI=1S/C14H16N2O2S/c1-19(17,18)14-5-3-2-4-13(14)16-10-11-6-8-12(15)9-7-11/h2-9,16H,10,15H2,1H3. The van der Waals surface area contributed by atoms with Crippen LogP contribution in [0.25, 0.3) is 0 Å². The number of rotatable bonds is 4. The molecule has 3 N–H and O–H groups in total. The zero-order valence-corrected chi connectivity index (χ0v) is 11.4. The van der Waals surface area contributed by atoms with Gasteiger partial charge in [0.25, 0.3) is 0 Å². The maximum absolute atomic E-state index is 11.7. The van der Waals surface area contributed by atoms with Gasteiger partial charge in [-0.15, -0.1) is 0 Å². The Labute approximate surface area is 113 Å². The van der Waals surface area contributed by atoms with Crippen LogP contribution < -0.4 is 11.1 Å². The van der Waals surface area contributed by atoms with E-state index >= 15 is 0 Å². The van der Waals surface area contributed by atoms with Gasteiger partial charge in [0.15, 0.2) is 9.84 Å². The molecular formula is C14H16N2O2S. The molecular weight excluding hydrogens is 260 g/mol. The highest BCUT2D eigenvalue weighted by atomic mass is 32.2. The van der Waals surface area contributed by atoms with Gasteiger partial charge >= 0.3 is 0 Å². The monoisotopic (exact) mass is 276 g/mol. The lowest BCUT2D eigenvalue weighted by Crippen LogP contribution is -2.06. The second kappa shape index (κ2) is 5.32. The van der Waals surface area contributed by atoms with E-state index in [-0.39, 0.29) is 0 Å². The van der Waals surface area contributed by atoms with Crippen molar-refractivity contribution >= 4 is 21.2 Å². The molecule has 2 aromatic rings. The predicted octanol–water partition coefficient (Wildman–Crippen LogP) is 2.28. The summed E-state index contributed by atoms with van der Waals surface area (Å²) in [6.45, 7) is 0.548. The minimum absolute atomic E-state index is 0.311. The van der Waals surface area contributed by atoms with E-state index in [1.165, 1.54) is 6.26 Å². The van der Waals surface area contributed by atoms with Crippen molar-refractivity contribution in [1.29, 1.82) is 0 Å². The zero-order chi connectivity index (χ0) is 13.9. The van der Waals surface area contributed by atoms with Crippen LogP contribution in [-0.4, -0.2) is 14.7 Å². The van der Waals surface area contributed by atoms with E-state index in [0.717, 1.165) is 5.56 Å². The Morgan fingerprint density at radius 2 is 1.68 bits per heavy atom. The fourth-order valence-electron chi connectivity index (χ4n) is 1.77. The largest absolute Gasteiger partial charge is 0.399 e. The second-order valence-corrected chi connectivity index (χ2v) is 6.35. The Hall–Kier alpha value is -2.01. The van der Waals surface area contributed by atoms with Crippen molar-refractivity contribution in [2.24, 2.45) is 0 Å². The third-order valence-electron chi connectivity index (χ3n) is 2.75. The average molecular weight is 276 g/mol. The molecule has 100 valence electrons. The molecule has 5 heteroatoms. The number of para-hydroxylation sites is 1. The highest BCUT2D eigenvalue weighted by Crippen LogP contribution is 2.21. The minimum atomic E-state index is -3.23. The molecule has 0 aliphatic carbocycles. The summed E-state index contributed by atoms with van der Waals surface area (Å²) in [5.74, 6) is 0. The van der Waals surface area contributed by atoms with Gasteiger partial charge in [-0.3, -0.25) is 0 Å². The van der Waals surface area contributed by atoms with Crippen LogP contribution in [0.2, 0.25) is 0 Å². The molecule has 0 aromatic heterocycles. The lowest BCUT2D eigenvalue weighted by Gasteiger charge is -2.10. The lowest BCUT2D eigenvalue weighted by molar-refractivity contribution is 0.602. The molecule has 0 heterocycles. The molecule has 0 aliphatic heterocycles. The SMILES string of the molecule is CS(=O)(=O)c1ccccc1NCc1ccc(N)cc1. The predicted molar refractivity (Wildman–Crippen MR) is 77.7 cm³/mol. The van der Waals surface area contributed by atoms with Crippen LogP contribution in [0.3, 0.4) is 0 Å². The Balaban J connectivity index is 2.18. The average Bonchev–Trinajstić information content (AvgIpc) is 2.37. The Morgan fingerprint density at radius 3 is 2.32 bits per heavy atom.